The molecular weight excluding hydrogens is 436 g/mol. The Hall–Kier alpha value is -1.99. The van der Waals surface area contributed by atoms with Gasteiger partial charge in [-0.05, 0) is 31.2 Å². The average Bonchev–Trinajstić information content (AvgIpc) is 3.60. The molecule has 3 fully saturated rings. The number of carbonyl (C=O) groups excluding carboxylic acids is 1. The quantitative estimate of drug-likeness (QED) is 0.378. The molecule has 3 aliphatic rings. The number of imidazole rings is 1. The van der Waals surface area contributed by atoms with Gasteiger partial charge in [0.2, 0.25) is 6.41 Å². The van der Waals surface area contributed by atoms with Gasteiger partial charge in [0.15, 0.2) is 23.2 Å². The Kier molecular flexibility index (Phi) is 6.47. The molecule has 11 nitrogen and oxygen atoms in total. The van der Waals surface area contributed by atoms with Crippen molar-refractivity contribution in [3.63, 3.8) is 0 Å². The van der Waals surface area contributed by atoms with Crippen LogP contribution in [0.15, 0.2) is 12.7 Å². The lowest BCUT2D eigenvalue weighted by Gasteiger charge is -2.25. The Morgan fingerprint density at radius 2 is 2.06 bits per heavy atom. The number of rotatable bonds is 8. The Bertz CT molecular complexity index is 934. The third kappa shape index (κ3) is 4.17. The van der Waals surface area contributed by atoms with Crippen LogP contribution in [0.5, 0.6) is 0 Å². The molecular formula is C20H28N6O5S. The molecule has 1 saturated carbocycles. The van der Waals surface area contributed by atoms with Crippen LogP contribution in [0.3, 0.4) is 0 Å². The lowest BCUT2D eigenvalue weighted by molar-refractivity contribution is -0.115. The molecule has 3 N–H and O–H groups in total. The Labute approximate surface area is 189 Å². The van der Waals surface area contributed by atoms with Gasteiger partial charge in [0.05, 0.1) is 25.1 Å². The Balaban J connectivity index is 1.29. The first-order chi connectivity index (χ1) is 15.7. The second-order valence-corrected chi connectivity index (χ2v) is 9.51. The third-order valence-corrected chi connectivity index (χ3v) is 7.58. The van der Waals surface area contributed by atoms with E-state index in [4.69, 9.17) is 9.47 Å². The second kappa shape index (κ2) is 9.48. The zero-order chi connectivity index (χ0) is 22.1. The zero-order valence-electron chi connectivity index (χ0n) is 17.6. The summed E-state index contributed by atoms with van der Waals surface area (Å²) < 4.78 is 14.8. The fraction of sp³-hybridized carbons (Fsp3) is 0.700. The van der Waals surface area contributed by atoms with E-state index in [-0.39, 0.29) is 12.1 Å². The van der Waals surface area contributed by atoms with E-state index in [9.17, 15) is 15.0 Å². The van der Waals surface area contributed by atoms with Crippen molar-refractivity contribution in [3.05, 3.63) is 12.7 Å². The van der Waals surface area contributed by atoms with Gasteiger partial charge < -0.3 is 25.0 Å². The largest absolute Gasteiger partial charge is 0.387 e. The van der Waals surface area contributed by atoms with Crippen molar-refractivity contribution in [2.45, 2.75) is 68.7 Å². The van der Waals surface area contributed by atoms with Crippen molar-refractivity contribution < 1.29 is 24.5 Å². The van der Waals surface area contributed by atoms with E-state index in [1.807, 2.05) is 0 Å². The summed E-state index contributed by atoms with van der Waals surface area (Å²) in [6.07, 6.45) is 5.25. The van der Waals surface area contributed by atoms with Gasteiger partial charge >= 0.3 is 0 Å². The summed E-state index contributed by atoms with van der Waals surface area (Å²) in [6.45, 7) is 1.32. The number of hydrogen-bond acceptors (Lipinski definition) is 10. The van der Waals surface area contributed by atoms with Gasteiger partial charge in [-0.15, -0.1) is 0 Å². The molecule has 1 amide bonds. The lowest BCUT2D eigenvalue weighted by atomic mass is 10.1. The molecule has 0 unspecified atom stereocenters. The third-order valence-electron chi connectivity index (χ3n) is 6.42. The number of aliphatic hydroxyl groups is 2. The second-order valence-electron chi connectivity index (χ2n) is 8.50. The number of hydrogen-bond donors (Lipinski definition) is 3. The first kappa shape index (κ1) is 21.8. The van der Waals surface area contributed by atoms with Crippen LogP contribution in [0.4, 0.5) is 5.82 Å². The maximum atomic E-state index is 11.5. The van der Waals surface area contributed by atoms with Crippen LogP contribution in [0.2, 0.25) is 0 Å². The van der Waals surface area contributed by atoms with Crippen molar-refractivity contribution >= 4 is 35.3 Å². The fourth-order valence-corrected chi connectivity index (χ4v) is 5.70. The molecule has 32 heavy (non-hydrogen) atoms. The first-order valence-corrected chi connectivity index (χ1v) is 12.0. The summed E-state index contributed by atoms with van der Waals surface area (Å²) in [4.78, 5) is 24.6. The average molecular weight is 465 g/mol. The number of amides is 1. The van der Waals surface area contributed by atoms with Gasteiger partial charge in [0, 0.05) is 18.4 Å². The van der Waals surface area contributed by atoms with Crippen molar-refractivity contribution in [3.8, 4) is 0 Å². The monoisotopic (exact) mass is 464 g/mol. The molecule has 174 valence electrons. The van der Waals surface area contributed by atoms with Gasteiger partial charge in [-0.2, -0.15) is 0 Å². The highest BCUT2D eigenvalue weighted by atomic mass is 32.2. The molecule has 2 saturated heterocycles. The summed E-state index contributed by atoms with van der Waals surface area (Å²) >= 11 is 1.34. The van der Waals surface area contributed by atoms with Crippen molar-refractivity contribution in [1.29, 1.82) is 0 Å². The van der Waals surface area contributed by atoms with Gasteiger partial charge in [0.1, 0.15) is 18.5 Å². The summed E-state index contributed by atoms with van der Waals surface area (Å²) in [5.74, 6) is 0.961. The summed E-state index contributed by atoms with van der Waals surface area (Å²) in [5.41, 5.74) is 1.07. The summed E-state index contributed by atoms with van der Waals surface area (Å²) in [5, 5.41) is 24.6. The maximum Gasteiger partial charge on any atom is 0.219 e. The van der Waals surface area contributed by atoms with Gasteiger partial charge in [-0.3, -0.25) is 13.7 Å². The molecule has 2 aliphatic heterocycles. The maximum absolute atomic E-state index is 11.5. The van der Waals surface area contributed by atoms with Gasteiger partial charge in [-0.1, -0.05) is 12.8 Å². The molecule has 12 heteroatoms. The van der Waals surface area contributed by atoms with E-state index in [0.29, 0.717) is 35.9 Å². The van der Waals surface area contributed by atoms with E-state index < -0.39 is 24.5 Å². The van der Waals surface area contributed by atoms with Crippen LogP contribution in [0.25, 0.3) is 11.2 Å². The number of ether oxygens (including phenoxy) is 2. The van der Waals surface area contributed by atoms with Crippen molar-refractivity contribution in [1.82, 2.24) is 23.8 Å². The van der Waals surface area contributed by atoms with Crippen LogP contribution < -0.4 is 5.32 Å². The molecule has 0 radical (unpaired) electrons. The molecule has 0 aromatic carbocycles. The number of anilines is 1. The number of aliphatic hydroxyl groups excluding tert-OH is 2. The molecule has 2 aromatic rings. The minimum absolute atomic E-state index is 0.162. The minimum atomic E-state index is -1.15. The van der Waals surface area contributed by atoms with Crippen molar-refractivity contribution in [2.75, 3.05) is 24.3 Å². The number of carbonyl (C=O) groups is 1. The summed E-state index contributed by atoms with van der Waals surface area (Å²) in [6, 6.07) is 0.387. The Morgan fingerprint density at radius 1 is 1.22 bits per heavy atom. The highest BCUT2D eigenvalue weighted by molar-refractivity contribution is 7.97. The van der Waals surface area contributed by atoms with E-state index in [1.165, 1.54) is 18.3 Å². The van der Waals surface area contributed by atoms with Crippen LogP contribution in [-0.2, 0) is 14.3 Å². The van der Waals surface area contributed by atoms with E-state index in [2.05, 4.69) is 20.3 Å². The molecule has 5 rings (SSSR count). The number of nitrogens with one attached hydrogen (secondary N) is 1. The minimum Gasteiger partial charge on any atom is -0.387 e. The molecule has 2 aromatic heterocycles. The van der Waals surface area contributed by atoms with E-state index >= 15 is 0 Å². The standard InChI is InChI=1S/C20H28N6O5S/c27-11-26(13-3-1-2-4-13)32-8-14-16(28)17(29)20(31-14)25-10-23-15-18(21-9-22-19(15)25)24-12-5-6-30-7-12/h9-14,16-17,20,28-29H,1-8H2,(H,21,22,24)/t12-,14-,16-,17-,20-/m1/s1. The molecule has 5 atom stereocenters. The lowest BCUT2D eigenvalue weighted by Crippen LogP contribution is -2.34. The van der Waals surface area contributed by atoms with Crippen LogP contribution >= 0.6 is 11.9 Å². The molecule has 0 bridgehead atoms. The predicted molar refractivity (Wildman–Crippen MR) is 117 cm³/mol. The highest BCUT2D eigenvalue weighted by Gasteiger charge is 2.44. The SMILES string of the molecule is O=CN(SC[C@H]1O[C@@H](n2cnc3c(N[C@@H]4CCOC4)ncnc32)[C@H](O)[C@@H]1O)C1CCCC1. The van der Waals surface area contributed by atoms with Crippen molar-refractivity contribution in [2.24, 2.45) is 0 Å². The normalized spacial score (nSPS) is 30.9. The molecule has 0 spiro atoms. The van der Waals surface area contributed by atoms with E-state index in [0.717, 1.165) is 38.5 Å². The first-order valence-electron chi connectivity index (χ1n) is 11.1. The van der Waals surface area contributed by atoms with Crippen LogP contribution in [0.1, 0.15) is 38.3 Å². The van der Waals surface area contributed by atoms with Gasteiger partial charge in [0.25, 0.3) is 0 Å². The molecule has 1 aliphatic carbocycles. The zero-order valence-corrected chi connectivity index (χ0v) is 18.4. The van der Waals surface area contributed by atoms with Crippen LogP contribution in [-0.4, -0.2) is 89.8 Å². The van der Waals surface area contributed by atoms with E-state index in [1.54, 1.807) is 15.2 Å². The van der Waals surface area contributed by atoms with Gasteiger partial charge in [-0.25, -0.2) is 15.0 Å². The predicted octanol–water partition coefficient (Wildman–Crippen LogP) is 0.695. The fourth-order valence-electron chi connectivity index (χ4n) is 4.62. The smallest absolute Gasteiger partial charge is 0.219 e. The highest BCUT2D eigenvalue weighted by Crippen LogP contribution is 2.35. The van der Waals surface area contributed by atoms with Crippen LogP contribution in [0, 0.1) is 0 Å². The molecule has 4 heterocycles. The number of fused-ring (bicyclic) bond motifs is 1. The number of aromatic nitrogens is 4. The topological polar surface area (TPSA) is 135 Å². The number of nitrogens with zero attached hydrogens (tertiary/aromatic N) is 5. The summed E-state index contributed by atoms with van der Waals surface area (Å²) in [7, 11) is 0. The Morgan fingerprint density at radius 3 is 2.81 bits per heavy atom.